The number of hydrogen-bond donors (Lipinski definition) is 2. The van der Waals surface area contributed by atoms with E-state index in [-0.39, 0.29) is 11.9 Å². The third-order valence-electron chi connectivity index (χ3n) is 3.23. The lowest BCUT2D eigenvalue weighted by molar-refractivity contribution is 0.0937. The molecule has 1 heterocycles. The fourth-order valence-corrected chi connectivity index (χ4v) is 2.08. The first-order valence-electron chi connectivity index (χ1n) is 6.49. The number of aryl methyl sites for hydroxylation is 1. The van der Waals surface area contributed by atoms with Crippen molar-refractivity contribution in [2.45, 2.75) is 26.8 Å². The molecular formula is C15H19N3O2. The summed E-state index contributed by atoms with van der Waals surface area (Å²) in [6.07, 6.45) is 1.74. The number of rotatable bonds is 4. The van der Waals surface area contributed by atoms with Gasteiger partial charge in [-0.3, -0.25) is 4.79 Å². The third-order valence-corrected chi connectivity index (χ3v) is 3.23. The normalized spacial score (nSPS) is 12.0. The number of carbonyl (C=O) groups is 1. The SMILES string of the molecule is COc1cccc(C(=O)N[C@@H](C)c2ncc(C)[nH]2)c1C. The Kier molecular flexibility index (Phi) is 4.08. The molecule has 5 heteroatoms. The zero-order chi connectivity index (χ0) is 14.7. The molecule has 2 aromatic rings. The van der Waals surface area contributed by atoms with Gasteiger partial charge in [-0.2, -0.15) is 0 Å². The Morgan fingerprint density at radius 3 is 2.75 bits per heavy atom. The zero-order valence-electron chi connectivity index (χ0n) is 12.2. The average molecular weight is 273 g/mol. The Labute approximate surface area is 118 Å². The summed E-state index contributed by atoms with van der Waals surface area (Å²) in [4.78, 5) is 19.7. The summed E-state index contributed by atoms with van der Waals surface area (Å²) in [5.74, 6) is 1.32. The topological polar surface area (TPSA) is 67.0 Å². The molecule has 1 amide bonds. The minimum atomic E-state index is -0.179. The summed E-state index contributed by atoms with van der Waals surface area (Å²) >= 11 is 0. The van der Waals surface area contributed by atoms with E-state index in [1.807, 2.05) is 32.9 Å². The maximum Gasteiger partial charge on any atom is 0.252 e. The van der Waals surface area contributed by atoms with Gasteiger partial charge < -0.3 is 15.0 Å². The van der Waals surface area contributed by atoms with E-state index >= 15 is 0 Å². The molecule has 0 spiro atoms. The van der Waals surface area contributed by atoms with Crippen molar-refractivity contribution in [3.63, 3.8) is 0 Å². The van der Waals surface area contributed by atoms with Gasteiger partial charge in [-0.25, -0.2) is 4.98 Å². The van der Waals surface area contributed by atoms with Gasteiger partial charge in [-0.15, -0.1) is 0 Å². The summed E-state index contributed by atoms with van der Waals surface area (Å²) in [5.41, 5.74) is 2.41. The molecule has 1 aromatic heterocycles. The second-order valence-corrected chi connectivity index (χ2v) is 4.78. The number of nitrogens with one attached hydrogen (secondary N) is 2. The Hall–Kier alpha value is -2.30. The van der Waals surface area contributed by atoms with E-state index in [9.17, 15) is 4.79 Å². The van der Waals surface area contributed by atoms with Crippen molar-refractivity contribution in [1.29, 1.82) is 0 Å². The molecule has 2 rings (SSSR count). The highest BCUT2D eigenvalue weighted by Gasteiger charge is 2.16. The number of aromatic nitrogens is 2. The second kappa shape index (κ2) is 5.77. The lowest BCUT2D eigenvalue weighted by Gasteiger charge is -2.14. The maximum absolute atomic E-state index is 12.3. The van der Waals surface area contributed by atoms with Gasteiger partial charge in [0.25, 0.3) is 5.91 Å². The number of methoxy groups -OCH3 is 1. The molecular weight excluding hydrogens is 254 g/mol. The summed E-state index contributed by atoms with van der Waals surface area (Å²) in [5, 5.41) is 2.93. The number of benzene rings is 1. The van der Waals surface area contributed by atoms with E-state index < -0.39 is 0 Å². The fraction of sp³-hybridized carbons (Fsp3) is 0.333. The van der Waals surface area contributed by atoms with Crippen LogP contribution in [0.25, 0.3) is 0 Å². The monoisotopic (exact) mass is 273 g/mol. The lowest BCUT2D eigenvalue weighted by Crippen LogP contribution is -2.28. The first-order valence-corrected chi connectivity index (χ1v) is 6.49. The molecule has 1 aromatic carbocycles. The van der Waals surface area contributed by atoms with Crippen LogP contribution in [0.2, 0.25) is 0 Å². The molecule has 106 valence electrons. The summed E-state index contributed by atoms with van der Waals surface area (Å²) < 4.78 is 5.23. The fourth-order valence-electron chi connectivity index (χ4n) is 2.08. The number of hydrogen-bond acceptors (Lipinski definition) is 3. The molecule has 2 N–H and O–H groups in total. The average Bonchev–Trinajstić information content (AvgIpc) is 2.85. The number of ether oxygens (including phenoxy) is 1. The van der Waals surface area contributed by atoms with Crippen molar-refractivity contribution in [3.05, 3.63) is 47.0 Å². The Balaban J connectivity index is 2.16. The van der Waals surface area contributed by atoms with Crippen LogP contribution in [0.1, 0.15) is 40.4 Å². The molecule has 0 aliphatic heterocycles. The van der Waals surface area contributed by atoms with Gasteiger partial charge in [0.2, 0.25) is 0 Å². The summed E-state index contributed by atoms with van der Waals surface area (Å²) in [7, 11) is 1.60. The standard InChI is InChI=1S/C15H19N3O2/c1-9-8-16-14(17-9)11(3)18-15(19)12-6-5-7-13(20-4)10(12)2/h5-8,11H,1-4H3,(H,16,17)(H,18,19)/t11-/m0/s1. The van der Waals surface area contributed by atoms with E-state index in [1.165, 1.54) is 0 Å². The molecule has 0 saturated carbocycles. The zero-order valence-corrected chi connectivity index (χ0v) is 12.2. The van der Waals surface area contributed by atoms with Crippen LogP contribution in [0.4, 0.5) is 0 Å². The van der Waals surface area contributed by atoms with Gasteiger partial charge in [-0.1, -0.05) is 6.07 Å². The summed E-state index contributed by atoms with van der Waals surface area (Å²) in [6.45, 7) is 5.69. The Bertz CT molecular complexity index is 619. The number of aromatic amines is 1. The first kappa shape index (κ1) is 14.1. The number of amides is 1. The maximum atomic E-state index is 12.3. The molecule has 0 aliphatic rings. The van der Waals surface area contributed by atoms with Gasteiger partial charge in [0.05, 0.1) is 13.2 Å². The second-order valence-electron chi connectivity index (χ2n) is 4.78. The number of imidazole rings is 1. The van der Waals surface area contributed by atoms with Crippen LogP contribution in [0.5, 0.6) is 5.75 Å². The van der Waals surface area contributed by atoms with Crippen molar-refractivity contribution in [3.8, 4) is 5.75 Å². The smallest absolute Gasteiger partial charge is 0.252 e. The quantitative estimate of drug-likeness (QED) is 0.899. The summed E-state index contributed by atoms with van der Waals surface area (Å²) in [6, 6.07) is 5.25. The minimum Gasteiger partial charge on any atom is -0.496 e. The van der Waals surface area contributed by atoms with Gasteiger partial charge in [0, 0.05) is 23.0 Å². The van der Waals surface area contributed by atoms with E-state index in [1.54, 1.807) is 19.4 Å². The molecule has 1 atom stereocenters. The van der Waals surface area contributed by atoms with E-state index in [4.69, 9.17) is 4.74 Å². The van der Waals surface area contributed by atoms with Crippen LogP contribution < -0.4 is 10.1 Å². The van der Waals surface area contributed by atoms with Crippen LogP contribution in [-0.2, 0) is 0 Å². The molecule has 0 aliphatic carbocycles. The molecule has 5 nitrogen and oxygen atoms in total. The molecule has 0 saturated heterocycles. The Morgan fingerprint density at radius 1 is 1.40 bits per heavy atom. The van der Waals surface area contributed by atoms with Gasteiger partial charge in [0.1, 0.15) is 11.6 Å². The van der Waals surface area contributed by atoms with Crippen molar-refractivity contribution in [1.82, 2.24) is 15.3 Å². The third kappa shape index (κ3) is 2.82. The highest BCUT2D eigenvalue weighted by molar-refractivity contribution is 5.96. The number of carbonyl (C=O) groups excluding carboxylic acids is 1. The van der Waals surface area contributed by atoms with E-state index in [0.29, 0.717) is 11.3 Å². The lowest BCUT2D eigenvalue weighted by atomic mass is 10.1. The molecule has 0 unspecified atom stereocenters. The first-order chi connectivity index (χ1) is 9.52. The highest BCUT2D eigenvalue weighted by atomic mass is 16.5. The number of H-pyrrole nitrogens is 1. The number of nitrogens with zero attached hydrogens (tertiary/aromatic N) is 1. The van der Waals surface area contributed by atoms with E-state index in [2.05, 4.69) is 15.3 Å². The molecule has 0 fully saturated rings. The van der Waals surface area contributed by atoms with Crippen LogP contribution in [0, 0.1) is 13.8 Å². The van der Waals surface area contributed by atoms with Crippen LogP contribution in [0.15, 0.2) is 24.4 Å². The van der Waals surface area contributed by atoms with Gasteiger partial charge >= 0.3 is 0 Å². The van der Waals surface area contributed by atoms with Crippen LogP contribution >= 0.6 is 0 Å². The Morgan fingerprint density at radius 2 is 2.15 bits per heavy atom. The molecule has 20 heavy (non-hydrogen) atoms. The molecule has 0 radical (unpaired) electrons. The molecule has 0 bridgehead atoms. The predicted molar refractivity (Wildman–Crippen MR) is 76.9 cm³/mol. The van der Waals surface area contributed by atoms with Crippen molar-refractivity contribution >= 4 is 5.91 Å². The van der Waals surface area contributed by atoms with Crippen LogP contribution in [0.3, 0.4) is 0 Å². The largest absolute Gasteiger partial charge is 0.496 e. The minimum absolute atomic E-state index is 0.136. The predicted octanol–water partition coefficient (Wildman–Crippen LogP) is 2.53. The highest BCUT2D eigenvalue weighted by Crippen LogP contribution is 2.21. The van der Waals surface area contributed by atoms with E-state index in [0.717, 1.165) is 17.1 Å². The van der Waals surface area contributed by atoms with Crippen molar-refractivity contribution in [2.75, 3.05) is 7.11 Å². The van der Waals surface area contributed by atoms with Gasteiger partial charge in [0.15, 0.2) is 0 Å². The van der Waals surface area contributed by atoms with Gasteiger partial charge in [-0.05, 0) is 32.9 Å². The van der Waals surface area contributed by atoms with Crippen LogP contribution in [-0.4, -0.2) is 23.0 Å². The van der Waals surface area contributed by atoms with Crippen molar-refractivity contribution < 1.29 is 9.53 Å². The van der Waals surface area contributed by atoms with Crippen molar-refractivity contribution in [2.24, 2.45) is 0 Å².